The van der Waals surface area contributed by atoms with Crippen LogP contribution in [0.1, 0.15) is 36.0 Å². The predicted molar refractivity (Wildman–Crippen MR) is 127 cm³/mol. The van der Waals surface area contributed by atoms with E-state index in [4.69, 9.17) is 9.47 Å². The molecular weight excluding hydrogens is 448 g/mol. The number of nitrogens with zero attached hydrogens (tertiary/aromatic N) is 3. The summed E-state index contributed by atoms with van der Waals surface area (Å²) in [6, 6.07) is 9.41. The van der Waals surface area contributed by atoms with E-state index in [0.29, 0.717) is 34.7 Å². The number of amides is 1. The van der Waals surface area contributed by atoms with Crippen molar-refractivity contribution in [3.63, 3.8) is 0 Å². The van der Waals surface area contributed by atoms with Crippen molar-refractivity contribution in [1.29, 1.82) is 0 Å². The summed E-state index contributed by atoms with van der Waals surface area (Å²) in [5.74, 6) is 0.890. The fraction of sp³-hybridized carbons (Fsp3) is 0.364. The number of rotatable bonds is 10. The number of carbonyl (C=O) groups excluding carboxylic acids is 2. The van der Waals surface area contributed by atoms with Gasteiger partial charge in [-0.3, -0.25) is 4.79 Å². The van der Waals surface area contributed by atoms with Crippen LogP contribution in [0.2, 0.25) is 0 Å². The number of thioether (sulfide) groups is 1. The van der Waals surface area contributed by atoms with E-state index in [0.717, 1.165) is 16.2 Å². The summed E-state index contributed by atoms with van der Waals surface area (Å²) in [4.78, 5) is 25.6. The number of para-hydroxylation sites is 1. The Labute approximate surface area is 195 Å². The summed E-state index contributed by atoms with van der Waals surface area (Å²) in [6.45, 7) is 9.03. The molecule has 32 heavy (non-hydrogen) atoms. The van der Waals surface area contributed by atoms with E-state index in [9.17, 15) is 9.59 Å². The van der Waals surface area contributed by atoms with Crippen molar-refractivity contribution in [1.82, 2.24) is 14.8 Å². The summed E-state index contributed by atoms with van der Waals surface area (Å²) in [6.07, 6.45) is 0. The fourth-order valence-electron chi connectivity index (χ4n) is 3.07. The number of nitrogens with one attached hydrogen (secondary N) is 1. The minimum atomic E-state index is -0.442. The van der Waals surface area contributed by atoms with Crippen LogP contribution in [0.3, 0.4) is 0 Å². The van der Waals surface area contributed by atoms with Crippen LogP contribution in [0, 0.1) is 6.92 Å². The molecule has 0 aliphatic carbocycles. The van der Waals surface area contributed by atoms with Crippen molar-refractivity contribution in [2.75, 3.05) is 24.3 Å². The molecule has 3 rings (SSSR count). The molecule has 1 amide bonds. The highest BCUT2D eigenvalue weighted by Crippen LogP contribution is 2.32. The Bertz CT molecular complexity index is 1090. The lowest BCUT2D eigenvalue weighted by molar-refractivity contribution is -0.113. The maximum Gasteiger partial charge on any atom is 0.341 e. The molecule has 0 atom stereocenters. The van der Waals surface area contributed by atoms with Crippen LogP contribution in [-0.2, 0) is 16.1 Å². The zero-order chi connectivity index (χ0) is 23.1. The molecule has 0 radical (unpaired) electrons. The predicted octanol–water partition coefficient (Wildman–Crippen LogP) is 4.64. The highest BCUT2D eigenvalue weighted by Gasteiger charge is 2.20. The molecule has 2 aromatic heterocycles. The Hall–Kier alpha value is -2.85. The molecule has 1 N–H and O–H groups in total. The molecule has 0 aliphatic heterocycles. The molecule has 2 heterocycles. The molecule has 0 saturated heterocycles. The van der Waals surface area contributed by atoms with E-state index in [1.54, 1.807) is 13.0 Å². The second-order valence-corrected chi connectivity index (χ2v) is 8.84. The maximum absolute atomic E-state index is 12.6. The summed E-state index contributed by atoms with van der Waals surface area (Å²) in [5.41, 5.74) is 1.23. The van der Waals surface area contributed by atoms with Gasteiger partial charge in [-0.1, -0.05) is 23.9 Å². The van der Waals surface area contributed by atoms with Crippen LogP contribution >= 0.6 is 23.1 Å². The number of ether oxygens (including phenoxy) is 2. The van der Waals surface area contributed by atoms with E-state index < -0.39 is 5.97 Å². The Kier molecular flexibility index (Phi) is 8.29. The van der Waals surface area contributed by atoms with Gasteiger partial charge in [0.05, 0.1) is 30.1 Å². The zero-order valence-corrected chi connectivity index (χ0v) is 20.1. The molecule has 8 nitrogen and oxygen atoms in total. The molecule has 0 unspecified atom stereocenters. The van der Waals surface area contributed by atoms with Crippen molar-refractivity contribution in [3.8, 4) is 17.1 Å². The van der Waals surface area contributed by atoms with Crippen LogP contribution in [0.25, 0.3) is 11.4 Å². The monoisotopic (exact) mass is 474 g/mol. The summed E-state index contributed by atoms with van der Waals surface area (Å²) < 4.78 is 12.8. The lowest BCUT2D eigenvalue weighted by atomic mass is 10.2. The summed E-state index contributed by atoms with van der Waals surface area (Å²) in [7, 11) is 0. The number of thiophene rings is 1. The third-order valence-corrected chi connectivity index (χ3v) is 6.33. The van der Waals surface area contributed by atoms with Crippen LogP contribution in [0.15, 0.2) is 35.5 Å². The third kappa shape index (κ3) is 5.49. The van der Waals surface area contributed by atoms with Crippen molar-refractivity contribution >= 4 is 40.0 Å². The number of anilines is 1. The van der Waals surface area contributed by atoms with Gasteiger partial charge in [0.2, 0.25) is 5.91 Å². The minimum Gasteiger partial charge on any atom is -0.493 e. The molecule has 170 valence electrons. The third-order valence-electron chi connectivity index (χ3n) is 4.40. The summed E-state index contributed by atoms with van der Waals surface area (Å²) >= 11 is 2.63. The van der Waals surface area contributed by atoms with Crippen LogP contribution in [-0.4, -0.2) is 45.6 Å². The normalized spacial score (nSPS) is 10.8. The quantitative estimate of drug-likeness (QED) is 0.338. The van der Waals surface area contributed by atoms with Crippen molar-refractivity contribution in [3.05, 3.63) is 40.8 Å². The van der Waals surface area contributed by atoms with Gasteiger partial charge < -0.3 is 19.4 Å². The second kappa shape index (κ2) is 11.1. The van der Waals surface area contributed by atoms with E-state index in [-0.39, 0.29) is 18.3 Å². The number of hydrogen-bond acceptors (Lipinski definition) is 8. The lowest BCUT2D eigenvalue weighted by Crippen LogP contribution is -2.16. The number of aromatic nitrogens is 3. The lowest BCUT2D eigenvalue weighted by Gasteiger charge is -2.11. The number of hydrogen-bond donors (Lipinski definition) is 1. The van der Waals surface area contributed by atoms with Gasteiger partial charge >= 0.3 is 5.97 Å². The van der Waals surface area contributed by atoms with E-state index in [1.165, 1.54) is 23.1 Å². The standard InChI is InChI=1S/C22H26N4O4S2/c1-5-26-19(15-10-8-9-11-17(15)29-6-2)24-25-22(26)31-13-18(27)23-20-16(12-14(4)32-20)21(28)30-7-3/h8-12H,5-7,13H2,1-4H3,(H,23,27). The van der Waals surface area contributed by atoms with Gasteiger partial charge in [-0.25, -0.2) is 4.79 Å². The molecule has 1 aromatic carbocycles. The van der Waals surface area contributed by atoms with Gasteiger partial charge in [0.25, 0.3) is 0 Å². The molecule has 3 aromatic rings. The average molecular weight is 475 g/mol. The Morgan fingerprint density at radius 1 is 1.16 bits per heavy atom. The number of aryl methyl sites for hydroxylation is 1. The van der Waals surface area contributed by atoms with Gasteiger partial charge in [-0.2, -0.15) is 0 Å². The number of esters is 1. The van der Waals surface area contributed by atoms with Crippen molar-refractivity contribution in [2.45, 2.75) is 39.4 Å². The smallest absolute Gasteiger partial charge is 0.341 e. The number of carbonyl (C=O) groups is 2. The van der Waals surface area contributed by atoms with Crippen molar-refractivity contribution in [2.24, 2.45) is 0 Å². The highest BCUT2D eigenvalue weighted by molar-refractivity contribution is 7.99. The molecule has 0 fully saturated rings. The molecular formula is C22H26N4O4S2. The number of benzene rings is 1. The van der Waals surface area contributed by atoms with Gasteiger partial charge in [0.15, 0.2) is 11.0 Å². The Balaban J connectivity index is 1.72. The van der Waals surface area contributed by atoms with Gasteiger partial charge in [0.1, 0.15) is 10.8 Å². The van der Waals surface area contributed by atoms with E-state index in [1.807, 2.05) is 49.6 Å². The van der Waals surface area contributed by atoms with E-state index in [2.05, 4.69) is 15.5 Å². The largest absolute Gasteiger partial charge is 0.493 e. The van der Waals surface area contributed by atoms with Gasteiger partial charge in [-0.05, 0) is 45.9 Å². The molecule has 10 heteroatoms. The summed E-state index contributed by atoms with van der Waals surface area (Å²) in [5, 5.41) is 12.6. The fourth-order valence-corrected chi connectivity index (χ4v) is 4.79. The maximum atomic E-state index is 12.6. The highest BCUT2D eigenvalue weighted by atomic mass is 32.2. The van der Waals surface area contributed by atoms with Crippen LogP contribution < -0.4 is 10.1 Å². The Morgan fingerprint density at radius 3 is 2.66 bits per heavy atom. The van der Waals surface area contributed by atoms with Crippen LogP contribution in [0.4, 0.5) is 5.00 Å². The van der Waals surface area contributed by atoms with E-state index >= 15 is 0 Å². The van der Waals surface area contributed by atoms with Crippen molar-refractivity contribution < 1.29 is 19.1 Å². The first-order chi connectivity index (χ1) is 15.5. The SMILES string of the molecule is CCOC(=O)c1cc(C)sc1NC(=O)CSc1nnc(-c2ccccc2OCC)n1CC. The molecule has 0 aliphatic rings. The zero-order valence-electron chi connectivity index (χ0n) is 18.5. The van der Waals surface area contributed by atoms with Gasteiger partial charge in [-0.15, -0.1) is 21.5 Å². The molecule has 0 spiro atoms. The first-order valence-corrected chi connectivity index (χ1v) is 12.1. The average Bonchev–Trinajstić information content (AvgIpc) is 3.35. The van der Waals surface area contributed by atoms with Crippen LogP contribution in [0.5, 0.6) is 5.75 Å². The molecule has 0 saturated carbocycles. The topological polar surface area (TPSA) is 95.3 Å². The first-order valence-electron chi connectivity index (χ1n) is 10.3. The molecule has 0 bridgehead atoms. The Morgan fingerprint density at radius 2 is 1.94 bits per heavy atom. The minimum absolute atomic E-state index is 0.129. The second-order valence-electron chi connectivity index (χ2n) is 6.64. The van der Waals surface area contributed by atoms with Gasteiger partial charge in [0, 0.05) is 11.4 Å². The first kappa shape index (κ1) is 23.8.